The van der Waals surface area contributed by atoms with E-state index in [1.807, 2.05) is 41.5 Å². The standard InChI is InChI=1S/C11H26O3S2Si/c1-8(2)12-17(11(16)7-15,13-9(3)4)14-10(5)6/h8-11,15-16H,7H2,1-6H3. The Labute approximate surface area is 118 Å². The SMILES string of the molecule is CC(C)O[Si](OC(C)C)(OC(C)C)C(S)CS. The van der Waals surface area contributed by atoms with Gasteiger partial charge in [0.15, 0.2) is 0 Å². The van der Waals surface area contributed by atoms with Crippen molar-refractivity contribution >= 4 is 34.1 Å². The lowest BCUT2D eigenvalue weighted by atomic mass is 10.5. The van der Waals surface area contributed by atoms with Crippen LogP contribution in [0.4, 0.5) is 0 Å². The molecule has 17 heavy (non-hydrogen) atoms. The summed E-state index contributed by atoms with van der Waals surface area (Å²) in [6.45, 7) is 11.9. The summed E-state index contributed by atoms with van der Waals surface area (Å²) in [5, 5.41) is 0. The fourth-order valence-electron chi connectivity index (χ4n) is 1.42. The molecule has 0 aromatic heterocycles. The van der Waals surface area contributed by atoms with E-state index < -0.39 is 8.80 Å². The second kappa shape index (κ2) is 8.07. The topological polar surface area (TPSA) is 27.7 Å². The molecule has 0 aliphatic carbocycles. The summed E-state index contributed by atoms with van der Waals surface area (Å²) < 4.78 is 17.9. The summed E-state index contributed by atoms with van der Waals surface area (Å²) >= 11 is 8.84. The minimum Gasteiger partial charge on any atom is -0.370 e. The van der Waals surface area contributed by atoms with E-state index in [2.05, 4.69) is 25.3 Å². The second-order valence-electron chi connectivity index (χ2n) is 4.80. The van der Waals surface area contributed by atoms with Gasteiger partial charge >= 0.3 is 8.80 Å². The molecular weight excluding hydrogens is 272 g/mol. The van der Waals surface area contributed by atoms with Crippen LogP contribution < -0.4 is 0 Å². The molecule has 0 spiro atoms. The molecule has 1 atom stereocenters. The highest BCUT2D eigenvalue weighted by Crippen LogP contribution is 2.25. The van der Waals surface area contributed by atoms with Crippen molar-refractivity contribution < 1.29 is 13.3 Å². The van der Waals surface area contributed by atoms with Gasteiger partial charge in [-0.05, 0) is 41.5 Å². The molecule has 0 heterocycles. The van der Waals surface area contributed by atoms with E-state index in [0.717, 1.165) is 0 Å². The van der Waals surface area contributed by atoms with Crippen LogP contribution in [0.25, 0.3) is 0 Å². The zero-order valence-electron chi connectivity index (χ0n) is 11.6. The Kier molecular flexibility index (Phi) is 8.44. The maximum Gasteiger partial charge on any atom is 0.515 e. The van der Waals surface area contributed by atoms with Gasteiger partial charge in [-0.15, -0.1) is 0 Å². The fraction of sp³-hybridized carbons (Fsp3) is 1.00. The van der Waals surface area contributed by atoms with Crippen LogP contribution in [0.3, 0.4) is 0 Å². The fourth-order valence-corrected chi connectivity index (χ4v) is 5.47. The molecule has 0 aliphatic rings. The first kappa shape index (κ1) is 17.8. The molecule has 0 radical (unpaired) electrons. The number of thiol groups is 2. The van der Waals surface area contributed by atoms with Gasteiger partial charge in [0.05, 0.1) is 4.87 Å². The van der Waals surface area contributed by atoms with E-state index >= 15 is 0 Å². The number of hydrogen-bond donors (Lipinski definition) is 2. The van der Waals surface area contributed by atoms with Gasteiger partial charge < -0.3 is 13.3 Å². The molecule has 104 valence electrons. The summed E-state index contributed by atoms with van der Waals surface area (Å²) in [5.74, 6) is 0.571. The summed E-state index contributed by atoms with van der Waals surface area (Å²) in [6.07, 6.45) is 0.149. The predicted octanol–water partition coefficient (Wildman–Crippen LogP) is 2.97. The van der Waals surface area contributed by atoms with Gasteiger partial charge in [0.1, 0.15) is 0 Å². The largest absolute Gasteiger partial charge is 0.515 e. The van der Waals surface area contributed by atoms with Crippen molar-refractivity contribution in [3.8, 4) is 0 Å². The molecule has 0 saturated heterocycles. The molecule has 0 saturated carbocycles. The Morgan fingerprint density at radius 2 is 1.12 bits per heavy atom. The summed E-state index contributed by atoms with van der Waals surface area (Å²) in [4.78, 5) is -0.113. The minimum atomic E-state index is -2.80. The quantitative estimate of drug-likeness (QED) is 0.533. The first-order valence-electron chi connectivity index (χ1n) is 6.05. The average molecular weight is 299 g/mol. The monoisotopic (exact) mass is 298 g/mol. The van der Waals surface area contributed by atoms with Crippen molar-refractivity contribution in [2.24, 2.45) is 0 Å². The van der Waals surface area contributed by atoms with Crippen LogP contribution in [0.1, 0.15) is 41.5 Å². The van der Waals surface area contributed by atoms with Gasteiger partial charge in [0, 0.05) is 24.1 Å². The molecule has 0 N–H and O–H groups in total. The molecule has 0 amide bonds. The zero-order valence-corrected chi connectivity index (χ0v) is 14.4. The van der Waals surface area contributed by atoms with Gasteiger partial charge in [-0.25, -0.2) is 0 Å². The predicted molar refractivity (Wildman–Crippen MR) is 81.0 cm³/mol. The molecule has 0 aromatic carbocycles. The molecule has 1 unspecified atom stereocenters. The van der Waals surface area contributed by atoms with Crippen LogP contribution in [0, 0.1) is 0 Å². The Morgan fingerprint density at radius 1 is 0.824 bits per heavy atom. The Bertz CT molecular complexity index is 186. The van der Waals surface area contributed by atoms with E-state index in [-0.39, 0.29) is 23.2 Å². The van der Waals surface area contributed by atoms with E-state index in [1.54, 1.807) is 0 Å². The highest BCUT2D eigenvalue weighted by Gasteiger charge is 2.50. The first-order valence-corrected chi connectivity index (χ1v) is 9.01. The van der Waals surface area contributed by atoms with Gasteiger partial charge in [-0.2, -0.15) is 25.3 Å². The minimum absolute atomic E-state index is 0.0497. The molecule has 0 fully saturated rings. The molecule has 0 bridgehead atoms. The lowest BCUT2D eigenvalue weighted by Gasteiger charge is -2.37. The van der Waals surface area contributed by atoms with Crippen LogP contribution in [0.2, 0.25) is 0 Å². The van der Waals surface area contributed by atoms with Gasteiger partial charge in [-0.3, -0.25) is 0 Å². The van der Waals surface area contributed by atoms with Crippen molar-refractivity contribution in [1.29, 1.82) is 0 Å². The second-order valence-corrected chi connectivity index (χ2v) is 8.89. The normalized spacial score (nSPS) is 15.0. The summed E-state index contributed by atoms with van der Waals surface area (Å²) in [5.41, 5.74) is 0. The van der Waals surface area contributed by atoms with E-state index in [1.165, 1.54) is 0 Å². The Morgan fingerprint density at radius 3 is 1.29 bits per heavy atom. The third-order valence-corrected chi connectivity index (χ3v) is 7.33. The van der Waals surface area contributed by atoms with Crippen molar-refractivity contribution in [1.82, 2.24) is 0 Å². The van der Waals surface area contributed by atoms with Crippen molar-refractivity contribution in [3.63, 3.8) is 0 Å². The molecule has 0 rings (SSSR count). The third kappa shape index (κ3) is 6.49. The Hall–Kier alpha value is 0.797. The van der Waals surface area contributed by atoms with Crippen LogP contribution >= 0.6 is 25.3 Å². The lowest BCUT2D eigenvalue weighted by molar-refractivity contribution is 0.00310. The Balaban J connectivity index is 5.04. The maximum absolute atomic E-state index is 5.98. The first-order chi connectivity index (χ1) is 7.73. The highest BCUT2D eigenvalue weighted by molar-refractivity contribution is 7.86. The van der Waals surface area contributed by atoms with Crippen LogP contribution in [-0.2, 0) is 13.3 Å². The van der Waals surface area contributed by atoms with Gasteiger partial charge in [-0.1, -0.05) is 0 Å². The average Bonchev–Trinajstić information content (AvgIpc) is 2.12. The third-order valence-electron chi connectivity index (χ3n) is 1.78. The number of rotatable bonds is 8. The lowest BCUT2D eigenvalue weighted by Crippen LogP contribution is -2.58. The smallest absolute Gasteiger partial charge is 0.370 e. The zero-order chi connectivity index (χ0) is 13.6. The van der Waals surface area contributed by atoms with Crippen molar-refractivity contribution in [2.75, 3.05) is 5.75 Å². The van der Waals surface area contributed by atoms with Crippen molar-refractivity contribution in [3.05, 3.63) is 0 Å². The molecule has 3 nitrogen and oxygen atoms in total. The van der Waals surface area contributed by atoms with Gasteiger partial charge in [0.2, 0.25) is 0 Å². The molecule has 0 aromatic rings. The summed E-state index contributed by atoms with van der Waals surface area (Å²) in [6, 6.07) is 0. The van der Waals surface area contributed by atoms with E-state index in [4.69, 9.17) is 13.3 Å². The van der Waals surface area contributed by atoms with E-state index in [9.17, 15) is 0 Å². The number of hydrogen-bond acceptors (Lipinski definition) is 5. The molecular formula is C11H26O3S2Si. The van der Waals surface area contributed by atoms with Crippen molar-refractivity contribution in [2.45, 2.75) is 64.7 Å². The van der Waals surface area contributed by atoms with E-state index in [0.29, 0.717) is 5.75 Å². The maximum atomic E-state index is 5.98. The van der Waals surface area contributed by atoms with Crippen LogP contribution in [0.15, 0.2) is 0 Å². The van der Waals surface area contributed by atoms with Crippen LogP contribution in [0.5, 0.6) is 0 Å². The molecule has 0 aliphatic heterocycles. The van der Waals surface area contributed by atoms with Crippen LogP contribution in [-0.4, -0.2) is 37.7 Å². The molecule has 6 heteroatoms. The van der Waals surface area contributed by atoms with Gasteiger partial charge in [0.25, 0.3) is 0 Å². The highest BCUT2D eigenvalue weighted by atomic mass is 32.1. The summed E-state index contributed by atoms with van der Waals surface area (Å²) in [7, 11) is -2.80.